The summed E-state index contributed by atoms with van der Waals surface area (Å²) in [5.41, 5.74) is -1.09. The van der Waals surface area contributed by atoms with Crippen LogP contribution in [0.2, 0.25) is 0 Å². The molecular weight excluding hydrogens is 174 g/mol. The highest BCUT2D eigenvalue weighted by atomic mass is 19.1. The van der Waals surface area contributed by atoms with Gasteiger partial charge in [-0.15, -0.1) is 0 Å². The lowest BCUT2D eigenvalue weighted by Gasteiger charge is -2.22. The summed E-state index contributed by atoms with van der Waals surface area (Å²) in [6.45, 7) is 3.24. The van der Waals surface area contributed by atoms with Gasteiger partial charge < -0.3 is 5.11 Å². The monoisotopic (exact) mass is 186 g/mol. The summed E-state index contributed by atoms with van der Waals surface area (Å²) >= 11 is 0. The van der Waals surface area contributed by atoms with Crippen LogP contribution in [-0.4, -0.2) is 5.11 Å². The molecule has 0 radical (unpaired) electrons. The zero-order chi connectivity index (χ0) is 10.1. The largest absolute Gasteiger partial charge is 0.385 e. The molecule has 0 spiro atoms. The van der Waals surface area contributed by atoms with Gasteiger partial charge in [-0.3, -0.25) is 0 Å². The summed E-state index contributed by atoms with van der Waals surface area (Å²) in [6, 6.07) is 3.19. The van der Waals surface area contributed by atoms with E-state index in [2.05, 4.69) is 0 Å². The normalized spacial score (nSPS) is 15.5. The van der Waals surface area contributed by atoms with E-state index in [0.29, 0.717) is 6.42 Å². The maximum absolute atomic E-state index is 13.1. The fourth-order valence-corrected chi connectivity index (χ4v) is 1.12. The number of halogens is 2. The van der Waals surface area contributed by atoms with E-state index in [1.807, 2.05) is 0 Å². The quantitative estimate of drug-likeness (QED) is 0.752. The third kappa shape index (κ3) is 2.04. The van der Waals surface area contributed by atoms with E-state index in [1.165, 1.54) is 13.0 Å². The smallest absolute Gasteiger partial charge is 0.132 e. The number of rotatable bonds is 2. The Morgan fingerprint density at radius 3 is 2.46 bits per heavy atom. The first-order chi connectivity index (χ1) is 5.97. The molecule has 0 aliphatic rings. The standard InChI is InChI=1S/C10H12F2O/c1-3-10(2,13)8-5-4-7(11)6-9(8)12/h4-6,13H,3H2,1-2H3. The minimum atomic E-state index is -1.22. The fraction of sp³-hybridized carbons (Fsp3) is 0.400. The van der Waals surface area contributed by atoms with E-state index >= 15 is 0 Å². The number of hydrogen-bond acceptors (Lipinski definition) is 1. The summed E-state index contributed by atoms with van der Waals surface area (Å²) in [6.07, 6.45) is 0.384. The molecule has 13 heavy (non-hydrogen) atoms. The van der Waals surface area contributed by atoms with Crippen LogP contribution in [0.25, 0.3) is 0 Å². The Labute approximate surface area is 76.0 Å². The molecule has 0 aromatic heterocycles. The second kappa shape index (κ2) is 3.42. The minimum Gasteiger partial charge on any atom is -0.385 e. The molecule has 1 N–H and O–H groups in total. The van der Waals surface area contributed by atoms with Gasteiger partial charge in [0.2, 0.25) is 0 Å². The topological polar surface area (TPSA) is 20.2 Å². The average molecular weight is 186 g/mol. The van der Waals surface area contributed by atoms with E-state index in [1.54, 1.807) is 6.92 Å². The van der Waals surface area contributed by atoms with Gasteiger partial charge >= 0.3 is 0 Å². The Morgan fingerprint density at radius 1 is 1.38 bits per heavy atom. The number of hydrogen-bond donors (Lipinski definition) is 1. The summed E-state index contributed by atoms with van der Waals surface area (Å²) in [7, 11) is 0. The van der Waals surface area contributed by atoms with E-state index in [-0.39, 0.29) is 5.56 Å². The maximum Gasteiger partial charge on any atom is 0.132 e. The van der Waals surface area contributed by atoms with Crippen LogP contribution in [0.5, 0.6) is 0 Å². The zero-order valence-corrected chi connectivity index (χ0v) is 7.64. The second-order valence-electron chi connectivity index (χ2n) is 3.25. The third-order valence-electron chi connectivity index (χ3n) is 2.20. The molecule has 0 saturated carbocycles. The molecule has 0 amide bonds. The molecule has 1 nitrogen and oxygen atoms in total. The molecule has 0 bridgehead atoms. The van der Waals surface area contributed by atoms with Crippen molar-refractivity contribution in [3.63, 3.8) is 0 Å². The van der Waals surface area contributed by atoms with Gasteiger partial charge in [0.1, 0.15) is 11.6 Å². The van der Waals surface area contributed by atoms with E-state index < -0.39 is 17.2 Å². The van der Waals surface area contributed by atoms with Gasteiger partial charge in [-0.05, 0) is 19.4 Å². The average Bonchev–Trinajstić information content (AvgIpc) is 2.03. The Bertz CT molecular complexity index is 308. The van der Waals surface area contributed by atoms with Crippen molar-refractivity contribution in [2.45, 2.75) is 25.9 Å². The molecule has 1 aromatic rings. The molecule has 1 unspecified atom stereocenters. The molecule has 0 heterocycles. The summed E-state index contributed by atoms with van der Waals surface area (Å²) in [4.78, 5) is 0. The van der Waals surface area contributed by atoms with Crippen LogP contribution in [0.15, 0.2) is 18.2 Å². The Balaban J connectivity index is 3.16. The lowest BCUT2D eigenvalue weighted by atomic mass is 9.93. The van der Waals surface area contributed by atoms with Gasteiger partial charge in [0.05, 0.1) is 5.60 Å². The van der Waals surface area contributed by atoms with Crippen LogP contribution in [0.1, 0.15) is 25.8 Å². The summed E-state index contributed by atoms with van der Waals surface area (Å²) in [5.74, 6) is -1.33. The molecule has 3 heteroatoms. The van der Waals surface area contributed by atoms with Crippen LogP contribution < -0.4 is 0 Å². The van der Waals surface area contributed by atoms with Crippen molar-refractivity contribution in [2.75, 3.05) is 0 Å². The molecule has 0 aliphatic heterocycles. The third-order valence-corrected chi connectivity index (χ3v) is 2.20. The summed E-state index contributed by atoms with van der Waals surface area (Å²) < 4.78 is 25.7. The number of benzene rings is 1. The van der Waals surface area contributed by atoms with Crippen molar-refractivity contribution >= 4 is 0 Å². The van der Waals surface area contributed by atoms with Crippen molar-refractivity contribution < 1.29 is 13.9 Å². The molecule has 1 atom stereocenters. The highest BCUT2D eigenvalue weighted by Crippen LogP contribution is 2.26. The molecule has 0 saturated heterocycles. The van der Waals surface area contributed by atoms with Crippen molar-refractivity contribution in [1.29, 1.82) is 0 Å². The van der Waals surface area contributed by atoms with E-state index in [4.69, 9.17) is 0 Å². The molecule has 0 aliphatic carbocycles. The zero-order valence-electron chi connectivity index (χ0n) is 7.64. The molecule has 1 rings (SSSR count). The van der Waals surface area contributed by atoms with Gasteiger partial charge in [-0.25, -0.2) is 8.78 Å². The SMILES string of the molecule is CCC(C)(O)c1ccc(F)cc1F. The van der Waals surface area contributed by atoms with E-state index in [0.717, 1.165) is 12.1 Å². The van der Waals surface area contributed by atoms with Crippen molar-refractivity contribution in [3.05, 3.63) is 35.4 Å². The predicted octanol–water partition coefficient (Wildman–Crippen LogP) is 2.58. The fourth-order valence-electron chi connectivity index (χ4n) is 1.12. The van der Waals surface area contributed by atoms with E-state index in [9.17, 15) is 13.9 Å². The molecular formula is C10H12F2O. The van der Waals surface area contributed by atoms with Crippen LogP contribution in [0, 0.1) is 11.6 Å². The Hall–Kier alpha value is -0.960. The van der Waals surface area contributed by atoms with Gasteiger partial charge in [-0.2, -0.15) is 0 Å². The second-order valence-corrected chi connectivity index (χ2v) is 3.25. The predicted molar refractivity (Wildman–Crippen MR) is 46.2 cm³/mol. The first-order valence-corrected chi connectivity index (χ1v) is 4.15. The highest BCUT2D eigenvalue weighted by Gasteiger charge is 2.24. The number of aliphatic hydroxyl groups is 1. The molecule has 1 aromatic carbocycles. The van der Waals surface area contributed by atoms with Crippen molar-refractivity contribution in [1.82, 2.24) is 0 Å². The maximum atomic E-state index is 13.1. The van der Waals surface area contributed by atoms with Crippen LogP contribution in [-0.2, 0) is 5.60 Å². The van der Waals surface area contributed by atoms with Gasteiger partial charge in [-0.1, -0.05) is 13.0 Å². The summed E-state index contributed by atoms with van der Waals surface area (Å²) in [5, 5.41) is 9.70. The van der Waals surface area contributed by atoms with Crippen LogP contribution in [0.3, 0.4) is 0 Å². The highest BCUT2D eigenvalue weighted by molar-refractivity contribution is 5.24. The lowest BCUT2D eigenvalue weighted by molar-refractivity contribution is 0.0492. The minimum absolute atomic E-state index is 0.136. The lowest BCUT2D eigenvalue weighted by Crippen LogP contribution is -2.21. The Morgan fingerprint density at radius 2 is 2.00 bits per heavy atom. The van der Waals surface area contributed by atoms with Crippen LogP contribution in [0.4, 0.5) is 8.78 Å². The Kier molecular flexibility index (Phi) is 2.66. The first kappa shape index (κ1) is 10.1. The molecule has 72 valence electrons. The van der Waals surface area contributed by atoms with Gasteiger partial charge in [0, 0.05) is 11.6 Å². The van der Waals surface area contributed by atoms with Gasteiger partial charge in [0.25, 0.3) is 0 Å². The van der Waals surface area contributed by atoms with Crippen LogP contribution >= 0.6 is 0 Å². The molecule has 0 fully saturated rings. The van der Waals surface area contributed by atoms with Crippen molar-refractivity contribution in [2.24, 2.45) is 0 Å². The van der Waals surface area contributed by atoms with Crippen molar-refractivity contribution in [3.8, 4) is 0 Å². The van der Waals surface area contributed by atoms with Gasteiger partial charge in [0.15, 0.2) is 0 Å². The first-order valence-electron chi connectivity index (χ1n) is 4.15.